The lowest BCUT2D eigenvalue weighted by Crippen LogP contribution is -2.04. The molecule has 0 saturated carbocycles. The number of hydrogen-bond acceptors (Lipinski definition) is 2. The molecule has 0 amide bonds. The predicted octanol–water partition coefficient (Wildman–Crippen LogP) is 3.96. The van der Waals surface area contributed by atoms with E-state index in [1.165, 1.54) is 16.7 Å². The zero-order valence-electron chi connectivity index (χ0n) is 10.8. The highest BCUT2D eigenvalue weighted by atomic mass is 35.5. The van der Waals surface area contributed by atoms with Crippen LogP contribution in [0.2, 0.25) is 5.02 Å². The predicted molar refractivity (Wildman–Crippen MR) is 78.7 cm³/mol. The summed E-state index contributed by atoms with van der Waals surface area (Å²) in [6, 6.07) is 12.5. The maximum Gasteiger partial charge on any atom is 0.138 e. The second-order valence-corrected chi connectivity index (χ2v) is 5.32. The van der Waals surface area contributed by atoms with Gasteiger partial charge in [-0.2, -0.15) is 0 Å². The van der Waals surface area contributed by atoms with Crippen LogP contribution in [0.3, 0.4) is 0 Å². The van der Waals surface area contributed by atoms with Crippen LogP contribution >= 0.6 is 11.6 Å². The molecule has 2 N–H and O–H groups in total. The average Bonchev–Trinajstić information content (AvgIpc) is 2.80. The van der Waals surface area contributed by atoms with Crippen molar-refractivity contribution in [3.8, 4) is 16.9 Å². The van der Waals surface area contributed by atoms with Crippen molar-refractivity contribution in [2.24, 2.45) is 5.73 Å². The minimum absolute atomic E-state index is 0.198. The first-order valence-electron chi connectivity index (χ1n) is 6.41. The van der Waals surface area contributed by atoms with Gasteiger partial charge < -0.3 is 10.5 Å². The molecule has 0 radical (unpaired) electrons. The highest BCUT2D eigenvalue weighted by Crippen LogP contribution is 2.35. The zero-order chi connectivity index (χ0) is 13.4. The summed E-state index contributed by atoms with van der Waals surface area (Å²) in [6.45, 7) is 0. The lowest BCUT2D eigenvalue weighted by Gasteiger charge is -2.09. The molecule has 19 heavy (non-hydrogen) atoms. The molecule has 2 nitrogen and oxygen atoms in total. The van der Waals surface area contributed by atoms with Gasteiger partial charge in [-0.15, -0.1) is 0 Å². The summed E-state index contributed by atoms with van der Waals surface area (Å²) < 4.78 is 5.26. The summed E-state index contributed by atoms with van der Waals surface area (Å²) in [4.78, 5) is 0. The minimum Gasteiger partial charge on any atom is -0.495 e. The first kappa shape index (κ1) is 12.5. The van der Waals surface area contributed by atoms with Gasteiger partial charge in [-0.25, -0.2) is 0 Å². The van der Waals surface area contributed by atoms with Gasteiger partial charge in [0.1, 0.15) is 5.75 Å². The van der Waals surface area contributed by atoms with Crippen molar-refractivity contribution in [1.82, 2.24) is 0 Å². The number of methoxy groups -OCH3 is 1. The van der Waals surface area contributed by atoms with Crippen LogP contribution < -0.4 is 10.5 Å². The van der Waals surface area contributed by atoms with E-state index in [2.05, 4.69) is 18.2 Å². The maximum absolute atomic E-state index is 6.06. The zero-order valence-corrected chi connectivity index (χ0v) is 11.6. The van der Waals surface area contributed by atoms with Crippen molar-refractivity contribution < 1.29 is 4.74 Å². The van der Waals surface area contributed by atoms with Crippen molar-refractivity contribution >= 4 is 11.6 Å². The van der Waals surface area contributed by atoms with Crippen molar-refractivity contribution in [3.05, 3.63) is 52.5 Å². The number of nitrogens with two attached hydrogens (primary N) is 1. The van der Waals surface area contributed by atoms with E-state index in [1.807, 2.05) is 18.2 Å². The van der Waals surface area contributed by atoms with E-state index in [4.69, 9.17) is 22.1 Å². The molecule has 3 rings (SSSR count). The van der Waals surface area contributed by atoms with Crippen LogP contribution in [0.25, 0.3) is 11.1 Å². The van der Waals surface area contributed by atoms with Crippen molar-refractivity contribution in [3.63, 3.8) is 0 Å². The van der Waals surface area contributed by atoms with Crippen molar-refractivity contribution in [1.29, 1.82) is 0 Å². The second-order valence-electron chi connectivity index (χ2n) is 4.91. The first-order valence-corrected chi connectivity index (χ1v) is 6.79. The van der Waals surface area contributed by atoms with E-state index >= 15 is 0 Å². The lowest BCUT2D eigenvalue weighted by atomic mass is 10.00. The van der Waals surface area contributed by atoms with E-state index in [1.54, 1.807) is 7.11 Å². The third kappa shape index (κ3) is 2.22. The fourth-order valence-electron chi connectivity index (χ4n) is 2.67. The standard InChI is InChI=1S/C16H16ClNO/c1-19-16-9-11(3-6-14(16)17)10-2-5-13-12(8-10)4-7-15(13)18/h2-3,5-6,8-9,15H,4,7,18H2,1H3. The van der Waals surface area contributed by atoms with Crippen LogP contribution in [-0.2, 0) is 6.42 Å². The number of rotatable bonds is 2. The molecule has 2 aromatic rings. The summed E-state index contributed by atoms with van der Waals surface area (Å²) in [5.74, 6) is 0.705. The topological polar surface area (TPSA) is 35.2 Å². The monoisotopic (exact) mass is 273 g/mol. The number of ether oxygens (including phenoxy) is 1. The van der Waals surface area contributed by atoms with E-state index in [0.717, 1.165) is 18.4 Å². The minimum atomic E-state index is 0.198. The van der Waals surface area contributed by atoms with Crippen molar-refractivity contribution in [2.75, 3.05) is 7.11 Å². The summed E-state index contributed by atoms with van der Waals surface area (Å²) in [6.07, 6.45) is 2.11. The Morgan fingerprint density at radius 2 is 1.89 bits per heavy atom. The Bertz CT molecular complexity index is 624. The van der Waals surface area contributed by atoms with Gasteiger partial charge in [-0.1, -0.05) is 35.9 Å². The van der Waals surface area contributed by atoms with Crippen LogP contribution in [0.5, 0.6) is 5.75 Å². The Hall–Kier alpha value is -1.51. The summed E-state index contributed by atoms with van der Waals surface area (Å²) in [7, 11) is 1.63. The van der Waals surface area contributed by atoms with Gasteiger partial charge in [0.05, 0.1) is 12.1 Å². The highest BCUT2D eigenvalue weighted by molar-refractivity contribution is 6.32. The third-order valence-corrected chi connectivity index (χ3v) is 4.06. The molecule has 1 unspecified atom stereocenters. The van der Waals surface area contributed by atoms with E-state index < -0.39 is 0 Å². The van der Waals surface area contributed by atoms with Gasteiger partial charge in [-0.3, -0.25) is 0 Å². The van der Waals surface area contributed by atoms with Crippen LogP contribution in [0, 0.1) is 0 Å². The van der Waals surface area contributed by atoms with E-state index in [0.29, 0.717) is 10.8 Å². The SMILES string of the molecule is COc1cc(-c2ccc3c(c2)CCC3N)ccc1Cl. The largest absolute Gasteiger partial charge is 0.495 e. The number of halogens is 1. The molecular formula is C16H16ClNO. The molecule has 3 heteroatoms. The summed E-state index contributed by atoms with van der Waals surface area (Å²) in [5.41, 5.74) is 11.0. The Morgan fingerprint density at radius 3 is 2.68 bits per heavy atom. The Balaban J connectivity index is 2.03. The second kappa shape index (κ2) is 4.87. The Kier molecular flexibility index (Phi) is 3.21. The van der Waals surface area contributed by atoms with Crippen LogP contribution in [0.1, 0.15) is 23.6 Å². The van der Waals surface area contributed by atoms with Gasteiger partial charge in [0.2, 0.25) is 0 Å². The molecule has 1 aliphatic rings. The fraction of sp³-hybridized carbons (Fsp3) is 0.250. The fourth-order valence-corrected chi connectivity index (χ4v) is 2.86. The molecule has 1 atom stereocenters. The summed E-state index contributed by atoms with van der Waals surface area (Å²) >= 11 is 6.06. The lowest BCUT2D eigenvalue weighted by molar-refractivity contribution is 0.415. The molecule has 0 saturated heterocycles. The van der Waals surface area contributed by atoms with Gasteiger partial charge in [-0.05, 0) is 47.2 Å². The smallest absolute Gasteiger partial charge is 0.138 e. The van der Waals surface area contributed by atoms with Gasteiger partial charge >= 0.3 is 0 Å². The molecule has 0 spiro atoms. The molecule has 98 valence electrons. The normalized spacial score (nSPS) is 17.3. The quantitative estimate of drug-likeness (QED) is 0.899. The number of aryl methyl sites for hydroxylation is 1. The van der Waals surface area contributed by atoms with Gasteiger partial charge in [0, 0.05) is 6.04 Å². The molecule has 0 aromatic heterocycles. The number of fused-ring (bicyclic) bond motifs is 1. The molecule has 0 heterocycles. The molecule has 0 aliphatic heterocycles. The molecular weight excluding hydrogens is 258 g/mol. The third-order valence-electron chi connectivity index (χ3n) is 3.75. The summed E-state index contributed by atoms with van der Waals surface area (Å²) in [5, 5.41) is 0.634. The highest BCUT2D eigenvalue weighted by Gasteiger charge is 2.19. The van der Waals surface area contributed by atoms with Crippen LogP contribution in [-0.4, -0.2) is 7.11 Å². The van der Waals surface area contributed by atoms with Gasteiger partial charge in [0.15, 0.2) is 0 Å². The molecule has 0 bridgehead atoms. The number of benzene rings is 2. The molecule has 2 aromatic carbocycles. The Morgan fingerprint density at radius 1 is 1.16 bits per heavy atom. The van der Waals surface area contributed by atoms with Crippen molar-refractivity contribution in [2.45, 2.75) is 18.9 Å². The van der Waals surface area contributed by atoms with Gasteiger partial charge in [0.25, 0.3) is 0 Å². The Labute approximate surface area is 118 Å². The van der Waals surface area contributed by atoms with E-state index in [9.17, 15) is 0 Å². The van der Waals surface area contributed by atoms with Crippen LogP contribution in [0.15, 0.2) is 36.4 Å². The molecule has 0 fully saturated rings. The van der Waals surface area contributed by atoms with Crippen LogP contribution in [0.4, 0.5) is 0 Å². The number of hydrogen-bond donors (Lipinski definition) is 1. The maximum atomic E-state index is 6.06. The average molecular weight is 274 g/mol. The molecule has 1 aliphatic carbocycles. The first-order chi connectivity index (χ1) is 9.19. The van der Waals surface area contributed by atoms with E-state index in [-0.39, 0.29) is 6.04 Å².